The summed E-state index contributed by atoms with van der Waals surface area (Å²) in [6.07, 6.45) is 7.33. The first-order chi connectivity index (χ1) is 13.7. The minimum atomic E-state index is 0. The van der Waals surface area contributed by atoms with Gasteiger partial charge >= 0.3 is 0 Å². The highest BCUT2D eigenvalue weighted by molar-refractivity contribution is 14.0. The molecule has 0 radical (unpaired) electrons. The van der Waals surface area contributed by atoms with Crippen LogP contribution in [-0.2, 0) is 10.2 Å². The van der Waals surface area contributed by atoms with Crippen molar-refractivity contribution in [1.82, 2.24) is 15.5 Å². The predicted octanol–water partition coefficient (Wildman–Crippen LogP) is 3.91. The Hall–Kier alpha value is -0.380. The SMILES string of the molecule is CN=C(NCC1(c2ccccc2Br)CC1)NCC1(N2CCCC2)CCOCC1.I. The number of ether oxygens (including phenoxy) is 1. The first-order valence-corrected chi connectivity index (χ1v) is 11.5. The van der Waals surface area contributed by atoms with E-state index >= 15 is 0 Å². The van der Waals surface area contributed by atoms with E-state index < -0.39 is 0 Å². The number of nitrogens with one attached hydrogen (secondary N) is 2. The van der Waals surface area contributed by atoms with Gasteiger partial charge in [0, 0.05) is 48.8 Å². The fourth-order valence-corrected chi connectivity index (χ4v) is 5.56. The first kappa shape index (κ1) is 23.3. The molecule has 0 amide bonds. The van der Waals surface area contributed by atoms with Crippen LogP contribution in [0.25, 0.3) is 0 Å². The van der Waals surface area contributed by atoms with Crippen molar-refractivity contribution in [3.63, 3.8) is 0 Å². The fourth-order valence-electron chi connectivity index (χ4n) is 4.85. The summed E-state index contributed by atoms with van der Waals surface area (Å²) in [7, 11) is 1.87. The van der Waals surface area contributed by atoms with Gasteiger partial charge in [0.2, 0.25) is 0 Å². The fraction of sp³-hybridized carbons (Fsp3) is 0.682. The standard InChI is InChI=1S/C22H33BrN4O.HI/c1-24-20(25-16-21(8-9-21)18-6-2-3-7-19(18)23)26-17-22(10-14-28-15-11-22)27-12-4-5-13-27;/h2-3,6-7H,4-5,8-17H2,1H3,(H2,24,25,26);1H. The van der Waals surface area contributed by atoms with Crippen LogP contribution in [0.1, 0.15) is 44.1 Å². The molecule has 162 valence electrons. The summed E-state index contributed by atoms with van der Waals surface area (Å²) >= 11 is 3.73. The minimum Gasteiger partial charge on any atom is -0.381 e. The van der Waals surface area contributed by atoms with E-state index in [9.17, 15) is 0 Å². The van der Waals surface area contributed by atoms with Crippen molar-refractivity contribution in [3.05, 3.63) is 34.3 Å². The van der Waals surface area contributed by atoms with Crippen LogP contribution in [0.3, 0.4) is 0 Å². The maximum atomic E-state index is 5.67. The van der Waals surface area contributed by atoms with Gasteiger partial charge in [-0.1, -0.05) is 34.1 Å². The van der Waals surface area contributed by atoms with E-state index in [-0.39, 0.29) is 34.9 Å². The lowest BCUT2D eigenvalue weighted by atomic mass is 9.88. The molecule has 0 spiro atoms. The highest BCUT2D eigenvalue weighted by atomic mass is 127. The Balaban J connectivity index is 0.00000240. The highest BCUT2D eigenvalue weighted by Crippen LogP contribution is 2.49. The van der Waals surface area contributed by atoms with Crippen LogP contribution in [0.15, 0.2) is 33.7 Å². The molecule has 3 aliphatic rings. The van der Waals surface area contributed by atoms with Crippen LogP contribution in [0.5, 0.6) is 0 Å². The monoisotopic (exact) mass is 576 g/mol. The van der Waals surface area contributed by atoms with Gasteiger partial charge in [0.15, 0.2) is 5.96 Å². The molecule has 2 heterocycles. The maximum absolute atomic E-state index is 5.67. The van der Waals surface area contributed by atoms with Crippen molar-refractivity contribution in [2.75, 3.05) is 46.4 Å². The third kappa shape index (κ3) is 5.28. The molecule has 1 saturated carbocycles. The number of hydrogen-bond donors (Lipinski definition) is 2. The molecule has 2 saturated heterocycles. The summed E-state index contributed by atoms with van der Waals surface area (Å²) < 4.78 is 6.89. The first-order valence-electron chi connectivity index (χ1n) is 10.7. The molecule has 1 aromatic carbocycles. The number of rotatable bonds is 6. The molecule has 2 N–H and O–H groups in total. The quantitative estimate of drug-likeness (QED) is 0.306. The maximum Gasteiger partial charge on any atom is 0.191 e. The lowest BCUT2D eigenvalue weighted by Crippen LogP contribution is -2.58. The van der Waals surface area contributed by atoms with Crippen molar-refractivity contribution < 1.29 is 4.74 Å². The number of hydrogen-bond acceptors (Lipinski definition) is 3. The van der Waals surface area contributed by atoms with Crippen molar-refractivity contribution in [2.45, 2.75) is 49.5 Å². The topological polar surface area (TPSA) is 48.9 Å². The summed E-state index contributed by atoms with van der Waals surface area (Å²) in [6.45, 7) is 6.05. The molecule has 3 fully saturated rings. The molecular formula is C22H34BrIN4O. The van der Waals surface area contributed by atoms with Crippen molar-refractivity contribution in [3.8, 4) is 0 Å². The van der Waals surface area contributed by atoms with Crippen LogP contribution in [-0.4, -0.2) is 62.8 Å². The minimum absolute atomic E-state index is 0. The Morgan fingerprint density at radius 3 is 2.34 bits per heavy atom. The van der Waals surface area contributed by atoms with Crippen LogP contribution < -0.4 is 10.6 Å². The van der Waals surface area contributed by atoms with Crippen molar-refractivity contribution in [2.24, 2.45) is 4.99 Å². The number of likely N-dealkylation sites (tertiary alicyclic amines) is 1. The Morgan fingerprint density at radius 1 is 1.07 bits per heavy atom. The van der Waals surface area contributed by atoms with Gasteiger partial charge in [-0.25, -0.2) is 0 Å². The third-order valence-electron chi connectivity index (χ3n) is 6.90. The van der Waals surface area contributed by atoms with Gasteiger partial charge in [-0.2, -0.15) is 0 Å². The molecule has 29 heavy (non-hydrogen) atoms. The smallest absolute Gasteiger partial charge is 0.191 e. The van der Waals surface area contributed by atoms with E-state index in [1.807, 2.05) is 7.05 Å². The van der Waals surface area contributed by atoms with Crippen LogP contribution in [0.4, 0.5) is 0 Å². The van der Waals surface area contributed by atoms with Crippen molar-refractivity contribution >= 4 is 45.9 Å². The van der Waals surface area contributed by atoms with E-state index in [0.717, 1.165) is 45.1 Å². The Morgan fingerprint density at radius 2 is 1.72 bits per heavy atom. The zero-order chi connectivity index (χ0) is 19.5. The lowest BCUT2D eigenvalue weighted by Gasteiger charge is -2.45. The second kappa shape index (κ2) is 10.3. The number of aliphatic imine (C=N–C) groups is 1. The molecule has 4 rings (SSSR count). The largest absolute Gasteiger partial charge is 0.381 e. The van der Waals surface area contributed by atoms with E-state index in [2.05, 4.69) is 60.7 Å². The number of halogens is 2. The van der Waals surface area contributed by atoms with E-state index in [1.54, 1.807) is 0 Å². The molecule has 0 atom stereocenters. The van der Waals surface area contributed by atoms with Gasteiger partial charge in [-0.3, -0.25) is 9.89 Å². The molecular weight excluding hydrogens is 543 g/mol. The number of nitrogens with zero attached hydrogens (tertiary/aromatic N) is 2. The molecule has 0 unspecified atom stereocenters. The molecule has 2 aliphatic heterocycles. The zero-order valence-electron chi connectivity index (χ0n) is 17.4. The predicted molar refractivity (Wildman–Crippen MR) is 133 cm³/mol. The van der Waals surface area contributed by atoms with Gasteiger partial charge < -0.3 is 15.4 Å². The highest BCUT2D eigenvalue weighted by Gasteiger charge is 2.45. The molecule has 5 nitrogen and oxygen atoms in total. The Labute approximate surface area is 200 Å². The summed E-state index contributed by atoms with van der Waals surface area (Å²) in [5, 5.41) is 7.27. The second-order valence-electron chi connectivity index (χ2n) is 8.57. The van der Waals surface area contributed by atoms with Gasteiger partial charge in [0.1, 0.15) is 0 Å². The molecule has 0 bridgehead atoms. The van der Waals surface area contributed by atoms with Gasteiger partial charge in [-0.15, -0.1) is 24.0 Å². The molecule has 1 aliphatic carbocycles. The van der Waals surface area contributed by atoms with Gasteiger partial charge in [0.05, 0.1) is 0 Å². The zero-order valence-corrected chi connectivity index (χ0v) is 21.3. The normalized spacial score (nSPS) is 23.3. The average molecular weight is 577 g/mol. The number of benzene rings is 1. The summed E-state index contributed by atoms with van der Waals surface area (Å²) in [6, 6.07) is 8.62. The van der Waals surface area contributed by atoms with Crippen LogP contribution in [0, 0.1) is 0 Å². The third-order valence-corrected chi connectivity index (χ3v) is 7.59. The molecule has 1 aromatic rings. The molecule has 7 heteroatoms. The lowest BCUT2D eigenvalue weighted by molar-refractivity contribution is -0.0164. The number of guanidine groups is 1. The van der Waals surface area contributed by atoms with E-state index in [1.165, 1.54) is 48.8 Å². The van der Waals surface area contributed by atoms with Crippen LogP contribution >= 0.6 is 39.9 Å². The molecule has 0 aromatic heterocycles. The Bertz CT molecular complexity index is 698. The average Bonchev–Trinajstić information content (AvgIpc) is 3.30. The van der Waals surface area contributed by atoms with Crippen molar-refractivity contribution in [1.29, 1.82) is 0 Å². The summed E-state index contributed by atoms with van der Waals surface area (Å²) in [5.41, 5.74) is 1.87. The van der Waals surface area contributed by atoms with Gasteiger partial charge in [-0.05, 0) is 63.2 Å². The van der Waals surface area contributed by atoms with Crippen LogP contribution in [0.2, 0.25) is 0 Å². The van der Waals surface area contributed by atoms with Gasteiger partial charge in [0.25, 0.3) is 0 Å². The second-order valence-corrected chi connectivity index (χ2v) is 9.42. The summed E-state index contributed by atoms with van der Waals surface area (Å²) in [5.74, 6) is 0.920. The van der Waals surface area contributed by atoms with E-state index in [4.69, 9.17) is 4.74 Å². The van der Waals surface area contributed by atoms with E-state index in [0.29, 0.717) is 0 Å². The Kier molecular flexibility index (Phi) is 8.26. The summed E-state index contributed by atoms with van der Waals surface area (Å²) in [4.78, 5) is 7.20.